The van der Waals surface area contributed by atoms with E-state index in [0.29, 0.717) is 0 Å². The van der Waals surface area contributed by atoms with Crippen molar-refractivity contribution in [3.63, 3.8) is 0 Å². The molecule has 3 rings (SSSR count). The molecule has 0 saturated carbocycles. The maximum atomic E-state index is 10.4. The summed E-state index contributed by atoms with van der Waals surface area (Å²) in [6, 6.07) is 19.6. The van der Waals surface area contributed by atoms with Crippen molar-refractivity contribution in [2.45, 2.75) is 72.6 Å². The van der Waals surface area contributed by atoms with Crippen molar-refractivity contribution in [2.24, 2.45) is 0 Å². The van der Waals surface area contributed by atoms with E-state index in [-0.39, 0.29) is 0 Å². The van der Waals surface area contributed by atoms with Gasteiger partial charge in [0, 0.05) is 0 Å². The van der Waals surface area contributed by atoms with Gasteiger partial charge in [-0.15, -0.1) is 0 Å². The summed E-state index contributed by atoms with van der Waals surface area (Å²) in [5.74, 6) is 0.866. The van der Waals surface area contributed by atoms with Crippen LogP contribution in [0.2, 0.25) is 13.3 Å². The van der Waals surface area contributed by atoms with Crippen LogP contribution in [0.5, 0.6) is 5.75 Å². The standard InChI is InChI=1S/C16H11N2O.3C4H9.Sn/c1-19-14-8-6-13(7-9-14)18-11-12(10-17)15-4-2-3-5-16(15)18;3*1-3-4-2;/h2-9H,1H3;3*1,3-4H2,2H3;. The number of fused-ring (bicyclic) bond motifs is 1. The van der Waals surface area contributed by atoms with Gasteiger partial charge in [-0.3, -0.25) is 0 Å². The molecule has 32 heavy (non-hydrogen) atoms. The molecule has 4 heteroatoms. The molecule has 0 aliphatic heterocycles. The van der Waals surface area contributed by atoms with Gasteiger partial charge in [-0.05, 0) is 0 Å². The van der Waals surface area contributed by atoms with Gasteiger partial charge >= 0.3 is 199 Å². The zero-order chi connectivity index (χ0) is 23.0. The first-order chi connectivity index (χ1) is 15.7. The van der Waals surface area contributed by atoms with Gasteiger partial charge in [-0.1, -0.05) is 0 Å². The van der Waals surface area contributed by atoms with E-state index in [1.165, 1.54) is 61.1 Å². The first kappa shape index (κ1) is 24.7. The van der Waals surface area contributed by atoms with Crippen LogP contribution in [0.15, 0.2) is 48.5 Å². The Morgan fingerprint density at radius 2 is 1.41 bits per heavy atom. The fourth-order valence-electron chi connectivity index (χ4n) is 5.13. The van der Waals surface area contributed by atoms with Crippen molar-refractivity contribution in [1.29, 1.82) is 5.26 Å². The summed E-state index contributed by atoms with van der Waals surface area (Å²) in [4.78, 5) is 0. The van der Waals surface area contributed by atoms with E-state index in [9.17, 15) is 5.26 Å². The third-order valence-electron chi connectivity index (χ3n) is 6.85. The number of nitriles is 1. The number of benzene rings is 2. The average Bonchev–Trinajstić information content (AvgIpc) is 3.19. The van der Waals surface area contributed by atoms with Crippen molar-refractivity contribution in [3.05, 3.63) is 54.1 Å². The summed E-state index contributed by atoms with van der Waals surface area (Å²) in [6.45, 7) is 6.92. The van der Waals surface area contributed by atoms with Gasteiger partial charge < -0.3 is 0 Å². The Morgan fingerprint density at radius 1 is 0.844 bits per heavy atom. The van der Waals surface area contributed by atoms with Crippen molar-refractivity contribution >= 4 is 33.0 Å². The van der Waals surface area contributed by atoms with Crippen LogP contribution < -0.4 is 8.45 Å². The molecule has 0 saturated heterocycles. The SMILES string of the molecule is CCC[CH2][Sn]([CH2]CCC)([CH2]CCC)[c]1c(C#N)c2ccccc2n1-c1ccc(OC)cc1. The molecule has 0 N–H and O–H groups in total. The van der Waals surface area contributed by atoms with E-state index in [0.717, 1.165) is 22.4 Å². The minimum absolute atomic E-state index is 0.866. The number of unbranched alkanes of at least 4 members (excludes halogenated alkanes) is 3. The fourth-order valence-corrected chi connectivity index (χ4v) is 22.2. The second-order valence-electron chi connectivity index (χ2n) is 8.98. The van der Waals surface area contributed by atoms with E-state index >= 15 is 0 Å². The van der Waals surface area contributed by atoms with Gasteiger partial charge in [0.2, 0.25) is 0 Å². The molecule has 3 nitrogen and oxygen atoms in total. The molecule has 170 valence electrons. The number of methoxy groups -OCH3 is 1. The Hall–Kier alpha value is -1.93. The van der Waals surface area contributed by atoms with Crippen molar-refractivity contribution in [2.75, 3.05) is 7.11 Å². The van der Waals surface area contributed by atoms with Gasteiger partial charge in [0.25, 0.3) is 0 Å². The van der Waals surface area contributed by atoms with E-state index in [1.54, 1.807) is 7.11 Å². The molecule has 0 unspecified atom stereocenters. The molecule has 1 aromatic heterocycles. The summed E-state index contributed by atoms with van der Waals surface area (Å²) >= 11 is -2.91. The summed E-state index contributed by atoms with van der Waals surface area (Å²) in [5, 5.41) is 11.6. The molecule has 0 bridgehead atoms. The topological polar surface area (TPSA) is 38.0 Å². The van der Waals surface area contributed by atoms with Crippen LogP contribution in [-0.4, -0.2) is 30.1 Å². The zero-order valence-electron chi connectivity index (χ0n) is 20.3. The van der Waals surface area contributed by atoms with Gasteiger partial charge in [0.15, 0.2) is 0 Å². The van der Waals surface area contributed by atoms with Crippen LogP contribution in [-0.2, 0) is 0 Å². The molecular weight excluding hydrogens is 499 g/mol. The van der Waals surface area contributed by atoms with Gasteiger partial charge in [0.05, 0.1) is 0 Å². The molecule has 0 aliphatic rings. The molecule has 3 aromatic rings. The third-order valence-corrected chi connectivity index (χ3v) is 22.3. The molecule has 0 radical (unpaired) electrons. The predicted octanol–water partition coefficient (Wildman–Crippen LogP) is 7.57. The molecule has 0 atom stereocenters. The Balaban J connectivity index is 2.36. The van der Waals surface area contributed by atoms with E-state index in [4.69, 9.17) is 4.74 Å². The summed E-state index contributed by atoms with van der Waals surface area (Å²) in [6.07, 6.45) is 7.50. The molecule has 2 aromatic carbocycles. The average molecular weight is 537 g/mol. The number of nitrogens with zero attached hydrogens (tertiary/aromatic N) is 2. The van der Waals surface area contributed by atoms with E-state index in [1.807, 2.05) is 12.1 Å². The van der Waals surface area contributed by atoms with Crippen molar-refractivity contribution in [1.82, 2.24) is 4.57 Å². The first-order valence-electron chi connectivity index (χ1n) is 12.3. The summed E-state index contributed by atoms with van der Waals surface area (Å²) in [7, 11) is 1.71. The minimum atomic E-state index is -2.91. The number of ether oxygens (including phenoxy) is 1. The Kier molecular flexibility index (Phi) is 9.10. The van der Waals surface area contributed by atoms with Crippen molar-refractivity contribution < 1.29 is 4.74 Å². The van der Waals surface area contributed by atoms with Crippen LogP contribution in [0, 0.1) is 11.3 Å². The molecular formula is C28H38N2OSn. The Labute approximate surface area is 198 Å². The number of hydrogen-bond acceptors (Lipinski definition) is 2. The number of para-hydroxylation sites is 1. The fraction of sp³-hybridized carbons (Fsp3) is 0.464. The predicted molar refractivity (Wildman–Crippen MR) is 139 cm³/mol. The zero-order valence-corrected chi connectivity index (χ0v) is 23.1. The van der Waals surface area contributed by atoms with Gasteiger partial charge in [-0.2, -0.15) is 0 Å². The molecule has 0 amide bonds. The summed E-state index contributed by atoms with van der Waals surface area (Å²) < 4.78 is 13.4. The Bertz CT molecular complexity index is 1020. The number of rotatable bonds is 12. The molecule has 1 heterocycles. The normalized spacial score (nSPS) is 11.6. The number of hydrogen-bond donors (Lipinski definition) is 0. The number of aromatic nitrogens is 1. The van der Waals surface area contributed by atoms with Crippen LogP contribution in [0.1, 0.15) is 64.9 Å². The quantitative estimate of drug-likeness (QED) is 0.224. The Morgan fingerprint density at radius 3 is 1.91 bits per heavy atom. The van der Waals surface area contributed by atoms with E-state index < -0.39 is 18.4 Å². The van der Waals surface area contributed by atoms with Crippen molar-refractivity contribution in [3.8, 4) is 17.5 Å². The monoisotopic (exact) mass is 538 g/mol. The molecule has 0 spiro atoms. The van der Waals surface area contributed by atoms with Crippen LogP contribution in [0.4, 0.5) is 0 Å². The van der Waals surface area contributed by atoms with E-state index in [2.05, 4.69) is 67.8 Å². The third kappa shape index (κ3) is 5.01. The molecule has 0 aliphatic carbocycles. The van der Waals surface area contributed by atoms with Gasteiger partial charge in [-0.25, -0.2) is 0 Å². The van der Waals surface area contributed by atoms with Gasteiger partial charge in [0.1, 0.15) is 0 Å². The summed E-state index contributed by atoms with van der Waals surface area (Å²) in [5.41, 5.74) is 3.29. The van der Waals surface area contributed by atoms with Crippen LogP contribution in [0.3, 0.4) is 0 Å². The second-order valence-corrected chi connectivity index (χ2v) is 21.9. The maximum absolute atomic E-state index is 10.4. The first-order valence-corrected chi connectivity index (χ1v) is 19.8. The molecule has 0 fully saturated rings. The van der Waals surface area contributed by atoms with Crippen LogP contribution in [0.25, 0.3) is 16.6 Å². The second kappa shape index (κ2) is 11.8. The van der Waals surface area contributed by atoms with Crippen LogP contribution >= 0.6 is 0 Å².